The number of benzene rings is 1. The van der Waals surface area contributed by atoms with Gasteiger partial charge in [-0.25, -0.2) is 14.4 Å². The van der Waals surface area contributed by atoms with Crippen LogP contribution in [0.1, 0.15) is 91.5 Å². The molecule has 1 aliphatic carbocycles. The minimum atomic E-state index is -1.86. The van der Waals surface area contributed by atoms with E-state index in [-0.39, 0.29) is 80.1 Å². The van der Waals surface area contributed by atoms with Crippen LogP contribution in [0.2, 0.25) is 5.02 Å². The Balaban J connectivity index is 1.02. The van der Waals surface area contributed by atoms with Gasteiger partial charge >= 0.3 is 18.0 Å². The number of fused-ring (bicyclic) bond motifs is 5. The first kappa shape index (κ1) is 58.2. The zero-order chi connectivity index (χ0) is 53.4. The lowest BCUT2D eigenvalue weighted by Crippen LogP contribution is -2.63. The number of carbonyl (C=O) groups excluding carboxylic acids is 7. The van der Waals surface area contributed by atoms with Crippen molar-refractivity contribution in [3.8, 4) is 5.75 Å². The molecule has 4 bridgehead atoms. The Labute approximate surface area is 449 Å². The van der Waals surface area contributed by atoms with Gasteiger partial charge in [0.1, 0.15) is 57.5 Å². The number of alkyl carbamates (subject to hydrolysis) is 1. The van der Waals surface area contributed by atoms with Gasteiger partial charge in [0.05, 0.1) is 56.3 Å². The second kappa shape index (κ2) is 25.7. The average molecular weight is 1180 g/mol. The van der Waals surface area contributed by atoms with E-state index in [0.717, 1.165) is 14.4 Å². The molecule has 0 radical (unpaired) electrons. The molecule has 404 valence electrons. The highest BCUT2D eigenvalue weighted by Gasteiger charge is 2.64. The molecule has 0 aromatic heterocycles. The number of thioether (sulfide) groups is 1. The normalized spacial score (nSPS) is 31.3. The Hall–Kier alpha value is -4.04. The van der Waals surface area contributed by atoms with E-state index in [2.05, 4.69) is 5.32 Å². The summed E-state index contributed by atoms with van der Waals surface area (Å²) in [4.78, 5) is 99.4. The van der Waals surface area contributed by atoms with Gasteiger partial charge in [0.2, 0.25) is 17.7 Å². The first-order valence-corrected chi connectivity index (χ1v) is 27.0. The summed E-state index contributed by atoms with van der Waals surface area (Å²) in [7, 11) is 4.47. The molecule has 1 aromatic rings. The van der Waals surface area contributed by atoms with Gasteiger partial charge in [-0.15, -0.1) is 15.0 Å². The molecule has 9 atom stereocenters. The van der Waals surface area contributed by atoms with Gasteiger partial charge in [-0.1, -0.05) is 49.2 Å². The van der Waals surface area contributed by atoms with Gasteiger partial charge in [0.25, 0.3) is 5.91 Å². The summed E-state index contributed by atoms with van der Waals surface area (Å²) in [6, 6.07) is 3.57. The van der Waals surface area contributed by atoms with Crippen LogP contribution in [0, 0.1) is 17.8 Å². The quantitative estimate of drug-likeness (QED) is 0.0378. The average Bonchev–Trinajstić information content (AvgIpc) is 3.99. The Kier molecular flexibility index (Phi) is 20.5. The molecule has 5 aliphatic rings. The van der Waals surface area contributed by atoms with Crippen LogP contribution in [-0.2, 0) is 68.4 Å². The number of imide groups is 1. The van der Waals surface area contributed by atoms with Crippen molar-refractivity contribution in [2.24, 2.45) is 17.8 Å². The van der Waals surface area contributed by atoms with Crippen molar-refractivity contribution < 1.29 is 76.7 Å². The van der Waals surface area contributed by atoms with Gasteiger partial charge in [-0.2, -0.15) is 0 Å². The zero-order valence-corrected chi connectivity index (χ0v) is 46.3. The summed E-state index contributed by atoms with van der Waals surface area (Å²) in [6.07, 6.45) is 2.29. The summed E-state index contributed by atoms with van der Waals surface area (Å²) < 4.78 is 41.8. The van der Waals surface area contributed by atoms with Crippen LogP contribution in [0.4, 0.5) is 10.5 Å². The lowest BCUT2D eigenvalue weighted by atomic mass is 9.82. The van der Waals surface area contributed by atoms with Crippen LogP contribution in [0.3, 0.4) is 0 Å². The van der Waals surface area contributed by atoms with Crippen LogP contribution in [0.5, 0.6) is 5.75 Å². The standard InChI is InChI=1S/C50H68ClIN4O16S/c1-9-40(57)56(52)72-47(62)33-15-13-31(14-16-33)27-55-42(59)24-37(45(55)60)73-20-19-67-17-18-68-30(4)46(61)70-39-25-41(58)54(6)34-22-32(23-35(65-7)43(34)51)21-28(2)11-10-12-38(66-8)50(64)26-36(69-48(63)53-50)29(3)44-49(39,5)71-44/h10-12,22-23,29-31,33,36-39,44,64H,9,13-21,24-27H2,1-8H3,(H,53,63)/b12-10+,28-11+/t29-,30+,31?,33?,36?,37?,38-,39+,44+,49+,50+/m1/s1. The maximum atomic E-state index is 14.3. The third-order valence-corrected chi connectivity index (χ3v) is 16.5. The SMILES string of the molecule is CCC(=O)N(I)OC(=O)C1CCC(CN2C(=O)CC(SCCOCCO[C@@H](C)C(=O)O[C@H]3CC(=O)N(C)c4cc(cc(OC)c4Cl)C/C(C)=C/C=C/[C@@H](OC)[C@@]4(O)CC(OC(=O)N4)[C@@H](C)[C@@H]4O[C@@]34C)C2=O)CC1. The van der Waals surface area contributed by atoms with Gasteiger partial charge in [-0.3, -0.25) is 29.4 Å². The zero-order valence-electron chi connectivity index (χ0n) is 42.6. The number of nitrogens with one attached hydrogen (secondary N) is 1. The van der Waals surface area contributed by atoms with Crippen molar-refractivity contribution in [1.82, 2.24) is 13.5 Å². The van der Waals surface area contributed by atoms with Gasteiger partial charge in [0.15, 0.2) is 11.8 Å². The Morgan fingerprint density at radius 3 is 2.48 bits per heavy atom. The molecule has 0 spiro atoms. The molecule has 2 N–H and O–H groups in total. The predicted molar refractivity (Wildman–Crippen MR) is 275 cm³/mol. The van der Waals surface area contributed by atoms with Crippen molar-refractivity contribution in [2.45, 2.75) is 140 Å². The molecule has 1 saturated carbocycles. The number of hydrogen-bond donors (Lipinski definition) is 2. The molecule has 4 aliphatic heterocycles. The Bertz CT molecular complexity index is 2280. The number of anilines is 1. The number of esters is 1. The molecule has 3 saturated heterocycles. The first-order valence-electron chi connectivity index (χ1n) is 24.6. The summed E-state index contributed by atoms with van der Waals surface area (Å²) >= 11 is 9.80. The van der Waals surface area contributed by atoms with Gasteiger partial charge < -0.3 is 48.0 Å². The van der Waals surface area contributed by atoms with Gasteiger partial charge in [0, 0.05) is 51.6 Å². The number of likely N-dealkylation sites (tertiary alicyclic amines) is 1. The van der Waals surface area contributed by atoms with E-state index in [4.69, 9.17) is 49.6 Å². The van der Waals surface area contributed by atoms with E-state index in [1.165, 1.54) is 42.7 Å². The molecule has 4 fully saturated rings. The van der Waals surface area contributed by atoms with E-state index >= 15 is 0 Å². The summed E-state index contributed by atoms with van der Waals surface area (Å²) in [5, 5.41) is 14.0. The highest BCUT2D eigenvalue weighted by molar-refractivity contribution is 14.1. The summed E-state index contributed by atoms with van der Waals surface area (Å²) in [5.41, 5.74) is -1.03. The second-order valence-corrected chi connectivity index (χ2v) is 21.9. The number of aliphatic hydroxyl groups is 1. The fourth-order valence-corrected chi connectivity index (χ4v) is 11.6. The molecular formula is C50H68ClIN4O16S. The monoisotopic (exact) mass is 1170 g/mol. The maximum absolute atomic E-state index is 14.3. The number of methoxy groups -OCH3 is 2. The highest BCUT2D eigenvalue weighted by atomic mass is 127. The molecule has 2 unspecified atom stereocenters. The minimum Gasteiger partial charge on any atom is -0.495 e. The van der Waals surface area contributed by atoms with E-state index in [0.29, 0.717) is 55.8 Å². The minimum absolute atomic E-state index is 0.00939. The first-order chi connectivity index (χ1) is 34.6. The molecule has 5 amide bonds. The van der Waals surface area contributed by atoms with Crippen LogP contribution in [-0.4, -0.2) is 155 Å². The molecule has 1 aromatic carbocycles. The van der Waals surface area contributed by atoms with Gasteiger partial charge in [-0.05, 0) is 76.5 Å². The Morgan fingerprint density at radius 2 is 1.79 bits per heavy atom. The van der Waals surface area contributed by atoms with E-state index in [9.17, 15) is 38.7 Å². The largest absolute Gasteiger partial charge is 0.495 e. The topological polar surface area (TPSA) is 239 Å². The maximum Gasteiger partial charge on any atom is 0.409 e. The van der Waals surface area contributed by atoms with E-state index in [1.54, 1.807) is 75.0 Å². The number of nitrogens with zero attached hydrogens (tertiary/aromatic N) is 3. The lowest BCUT2D eigenvalue weighted by Gasteiger charge is -2.42. The van der Waals surface area contributed by atoms with Crippen LogP contribution < -0.4 is 15.0 Å². The molecule has 20 nitrogen and oxygen atoms in total. The molecule has 23 heteroatoms. The fraction of sp³-hybridized carbons (Fsp3) is 0.660. The van der Waals surface area contributed by atoms with Crippen molar-refractivity contribution in [2.75, 3.05) is 58.3 Å². The van der Waals surface area contributed by atoms with E-state index < -0.39 is 77.0 Å². The number of epoxide rings is 1. The molecular weight excluding hydrogens is 1110 g/mol. The lowest BCUT2D eigenvalue weighted by molar-refractivity contribution is -0.178. The Morgan fingerprint density at radius 1 is 1.07 bits per heavy atom. The number of ether oxygens (including phenoxy) is 7. The third-order valence-electron chi connectivity index (χ3n) is 14.2. The van der Waals surface area contributed by atoms with Crippen molar-refractivity contribution in [3.63, 3.8) is 0 Å². The van der Waals surface area contributed by atoms with E-state index in [1.807, 2.05) is 13.0 Å². The van der Waals surface area contributed by atoms with Crippen LogP contribution >= 0.6 is 46.2 Å². The molecule has 4 heterocycles. The molecule has 6 rings (SSSR count). The third kappa shape index (κ3) is 14.5. The number of carbonyl (C=O) groups is 7. The second-order valence-electron chi connectivity index (χ2n) is 19.4. The molecule has 73 heavy (non-hydrogen) atoms. The number of allylic oxidation sites excluding steroid dienone is 3. The summed E-state index contributed by atoms with van der Waals surface area (Å²) in [5.74, 6) is -2.52. The number of hydrogen-bond acceptors (Lipinski definition) is 17. The number of rotatable bonds is 16. The highest BCUT2D eigenvalue weighted by Crippen LogP contribution is 2.49. The smallest absolute Gasteiger partial charge is 0.409 e. The van der Waals surface area contributed by atoms with Crippen molar-refractivity contribution >= 4 is 93.6 Å². The predicted octanol–water partition coefficient (Wildman–Crippen LogP) is 5.80. The number of hydroxylamine groups is 1. The van der Waals surface area contributed by atoms with Crippen LogP contribution in [0.25, 0.3) is 0 Å². The van der Waals surface area contributed by atoms with Crippen molar-refractivity contribution in [3.05, 3.63) is 46.5 Å². The fourth-order valence-electron chi connectivity index (χ4n) is 9.69. The van der Waals surface area contributed by atoms with Crippen molar-refractivity contribution in [1.29, 1.82) is 0 Å². The summed E-state index contributed by atoms with van der Waals surface area (Å²) in [6.45, 7) is 9.26. The van der Waals surface area contributed by atoms with Crippen LogP contribution in [0.15, 0.2) is 35.9 Å². The number of amides is 5. The number of halogens is 2.